The Kier molecular flexibility index (Phi) is 5.36. The molecule has 1 atom stereocenters. The van der Waals surface area contributed by atoms with E-state index in [2.05, 4.69) is 5.32 Å². The lowest BCUT2D eigenvalue weighted by Crippen LogP contribution is -2.28. The van der Waals surface area contributed by atoms with Crippen LogP contribution in [0.2, 0.25) is 5.02 Å². The van der Waals surface area contributed by atoms with Crippen LogP contribution in [0.15, 0.2) is 40.8 Å². The van der Waals surface area contributed by atoms with Gasteiger partial charge >= 0.3 is 0 Å². The minimum atomic E-state index is 0.0462. The lowest BCUT2D eigenvalue weighted by atomic mass is 9.98. The van der Waals surface area contributed by atoms with Crippen LogP contribution in [0, 0.1) is 5.92 Å². The van der Waals surface area contributed by atoms with Gasteiger partial charge in [-0.2, -0.15) is 0 Å². The Hall–Kier alpha value is -1.78. The Bertz CT molecular complexity index is 645. The van der Waals surface area contributed by atoms with Crippen LogP contribution >= 0.6 is 11.6 Å². The van der Waals surface area contributed by atoms with Crippen molar-refractivity contribution >= 4 is 17.5 Å². The molecule has 1 aliphatic rings. The molecule has 0 saturated carbocycles. The summed E-state index contributed by atoms with van der Waals surface area (Å²) in [4.78, 5) is 12.0. The van der Waals surface area contributed by atoms with Gasteiger partial charge in [0, 0.05) is 30.2 Å². The SMILES string of the molecule is O=C(CC1CCCOC1)NCc1ccc(-c2ccc(Cl)cc2)o1. The van der Waals surface area contributed by atoms with Gasteiger partial charge in [-0.1, -0.05) is 11.6 Å². The number of rotatable bonds is 5. The first kappa shape index (κ1) is 16.1. The Morgan fingerprint density at radius 2 is 2.04 bits per heavy atom. The van der Waals surface area contributed by atoms with Crippen molar-refractivity contribution in [1.82, 2.24) is 5.32 Å². The van der Waals surface area contributed by atoms with E-state index >= 15 is 0 Å². The van der Waals surface area contributed by atoms with Crippen molar-refractivity contribution in [2.45, 2.75) is 25.8 Å². The minimum Gasteiger partial charge on any atom is -0.459 e. The first-order valence-electron chi connectivity index (χ1n) is 7.90. The molecule has 1 N–H and O–H groups in total. The van der Waals surface area contributed by atoms with Gasteiger partial charge in [-0.15, -0.1) is 0 Å². The number of nitrogens with one attached hydrogen (secondary N) is 1. The normalized spacial score (nSPS) is 17.9. The molecule has 1 unspecified atom stereocenters. The van der Waals surface area contributed by atoms with Crippen LogP contribution in [0.25, 0.3) is 11.3 Å². The van der Waals surface area contributed by atoms with Crippen LogP contribution in [-0.2, 0) is 16.1 Å². The maximum Gasteiger partial charge on any atom is 0.220 e. The van der Waals surface area contributed by atoms with Gasteiger partial charge in [0.2, 0.25) is 5.91 Å². The molecule has 0 spiro atoms. The largest absolute Gasteiger partial charge is 0.459 e. The Labute approximate surface area is 140 Å². The quantitative estimate of drug-likeness (QED) is 0.898. The summed E-state index contributed by atoms with van der Waals surface area (Å²) in [6, 6.07) is 11.3. The van der Waals surface area contributed by atoms with E-state index in [-0.39, 0.29) is 5.91 Å². The number of carbonyl (C=O) groups excluding carboxylic acids is 1. The van der Waals surface area contributed by atoms with Crippen molar-refractivity contribution in [1.29, 1.82) is 0 Å². The van der Waals surface area contributed by atoms with Gasteiger partial charge in [-0.3, -0.25) is 4.79 Å². The van der Waals surface area contributed by atoms with Crippen LogP contribution in [0.4, 0.5) is 0 Å². The molecule has 1 aliphatic heterocycles. The standard InChI is InChI=1S/C18H20ClNO3/c19-15-5-3-14(4-6-15)17-8-7-16(23-17)11-20-18(21)10-13-2-1-9-22-12-13/h3-8,13H,1-2,9-12H2,(H,20,21). The highest BCUT2D eigenvalue weighted by atomic mass is 35.5. The van der Waals surface area contributed by atoms with Gasteiger partial charge in [0.25, 0.3) is 0 Å². The summed E-state index contributed by atoms with van der Waals surface area (Å²) in [5.74, 6) is 1.89. The van der Waals surface area contributed by atoms with Crippen LogP contribution in [0.5, 0.6) is 0 Å². The molecule has 5 heteroatoms. The second-order valence-corrected chi connectivity index (χ2v) is 6.27. The molecule has 0 radical (unpaired) electrons. The number of carbonyl (C=O) groups is 1. The van der Waals surface area contributed by atoms with Crippen molar-refractivity contribution < 1.29 is 13.9 Å². The third-order valence-corrected chi connectivity index (χ3v) is 4.23. The molecule has 1 saturated heterocycles. The summed E-state index contributed by atoms with van der Waals surface area (Å²) >= 11 is 5.88. The summed E-state index contributed by atoms with van der Waals surface area (Å²) in [6.07, 6.45) is 2.63. The summed E-state index contributed by atoms with van der Waals surface area (Å²) in [5.41, 5.74) is 0.964. The highest BCUT2D eigenvalue weighted by Crippen LogP contribution is 2.24. The van der Waals surface area contributed by atoms with Gasteiger partial charge in [0.1, 0.15) is 11.5 Å². The number of halogens is 1. The van der Waals surface area contributed by atoms with Crippen LogP contribution in [-0.4, -0.2) is 19.1 Å². The van der Waals surface area contributed by atoms with E-state index < -0.39 is 0 Å². The van der Waals surface area contributed by atoms with Crippen LogP contribution < -0.4 is 5.32 Å². The number of furan rings is 1. The fourth-order valence-electron chi connectivity index (χ4n) is 2.73. The van der Waals surface area contributed by atoms with Crippen molar-refractivity contribution in [2.24, 2.45) is 5.92 Å². The van der Waals surface area contributed by atoms with Gasteiger partial charge < -0.3 is 14.5 Å². The molecule has 4 nitrogen and oxygen atoms in total. The van der Waals surface area contributed by atoms with E-state index in [4.69, 9.17) is 20.8 Å². The van der Waals surface area contributed by atoms with Crippen LogP contribution in [0.3, 0.4) is 0 Å². The minimum absolute atomic E-state index is 0.0462. The van der Waals surface area contributed by atoms with Crippen LogP contribution in [0.1, 0.15) is 25.0 Å². The summed E-state index contributed by atoms with van der Waals surface area (Å²) in [6.45, 7) is 1.91. The van der Waals surface area contributed by atoms with E-state index in [0.29, 0.717) is 30.5 Å². The Balaban J connectivity index is 1.50. The second kappa shape index (κ2) is 7.66. The molecule has 3 rings (SSSR count). The van der Waals surface area contributed by atoms with Gasteiger partial charge in [0.15, 0.2) is 0 Å². The number of benzene rings is 1. The van der Waals surface area contributed by atoms with E-state index in [1.54, 1.807) is 0 Å². The Morgan fingerprint density at radius 1 is 1.22 bits per heavy atom. The third kappa shape index (κ3) is 4.60. The van der Waals surface area contributed by atoms with Crippen molar-refractivity contribution in [2.75, 3.05) is 13.2 Å². The summed E-state index contributed by atoms with van der Waals surface area (Å²) in [5, 5.41) is 3.60. The molecule has 0 aliphatic carbocycles. The molecule has 1 aromatic heterocycles. The lowest BCUT2D eigenvalue weighted by Gasteiger charge is -2.21. The van der Waals surface area contributed by atoms with Crippen molar-refractivity contribution in [3.8, 4) is 11.3 Å². The predicted octanol–water partition coefficient (Wildman–Crippen LogP) is 4.03. The fraction of sp³-hybridized carbons (Fsp3) is 0.389. The van der Waals surface area contributed by atoms with Gasteiger partial charge in [-0.05, 0) is 55.2 Å². The number of amides is 1. The summed E-state index contributed by atoms with van der Waals surface area (Å²) < 4.78 is 11.2. The third-order valence-electron chi connectivity index (χ3n) is 3.98. The summed E-state index contributed by atoms with van der Waals surface area (Å²) in [7, 11) is 0. The Morgan fingerprint density at radius 3 is 2.78 bits per heavy atom. The molecule has 1 fully saturated rings. The topological polar surface area (TPSA) is 51.5 Å². The predicted molar refractivity (Wildman–Crippen MR) is 89.2 cm³/mol. The zero-order chi connectivity index (χ0) is 16.1. The van der Waals surface area contributed by atoms with Crippen molar-refractivity contribution in [3.05, 3.63) is 47.2 Å². The van der Waals surface area contributed by atoms with Crippen molar-refractivity contribution in [3.63, 3.8) is 0 Å². The highest BCUT2D eigenvalue weighted by molar-refractivity contribution is 6.30. The number of hydrogen-bond acceptors (Lipinski definition) is 3. The zero-order valence-corrected chi connectivity index (χ0v) is 13.6. The number of ether oxygens (including phenoxy) is 1. The van der Waals surface area contributed by atoms with E-state index in [9.17, 15) is 4.79 Å². The smallest absolute Gasteiger partial charge is 0.220 e. The monoisotopic (exact) mass is 333 g/mol. The molecule has 2 aromatic rings. The lowest BCUT2D eigenvalue weighted by molar-refractivity contribution is -0.123. The maximum atomic E-state index is 12.0. The zero-order valence-electron chi connectivity index (χ0n) is 12.9. The maximum absolute atomic E-state index is 12.0. The number of hydrogen-bond donors (Lipinski definition) is 1. The molecular weight excluding hydrogens is 314 g/mol. The van der Waals surface area contributed by atoms with E-state index in [1.807, 2.05) is 36.4 Å². The first-order chi connectivity index (χ1) is 11.2. The van der Waals surface area contributed by atoms with Gasteiger partial charge in [-0.25, -0.2) is 0 Å². The molecule has 23 heavy (non-hydrogen) atoms. The highest BCUT2D eigenvalue weighted by Gasteiger charge is 2.17. The molecule has 1 amide bonds. The molecule has 1 aromatic carbocycles. The average molecular weight is 334 g/mol. The first-order valence-corrected chi connectivity index (χ1v) is 8.27. The average Bonchev–Trinajstić information content (AvgIpc) is 3.04. The van der Waals surface area contributed by atoms with E-state index in [0.717, 1.165) is 36.5 Å². The molecule has 2 heterocycles. The fourth-order valence-corrected chi connectivity index (χ4v) is 2.86. The van der Waals surface area contributed by atoms with Gasteiger partial charge in [0.05, 0.1) is 6.54 Å². The molecule has 0 bridgehead atoms. The van der Waals surface area contributed by atoms with E-state index in [1.165, 1.54) is 0 Å². The molecular formula is C18H20ClNO3. The molecule has 122 valence electrons. The second-order valence-electron chi connectivity index (χ2n) is 5.84.